The number of halogens is 1. The number of hydrogen-bond donors (Lipinski definition) is 2. The van der Waals surface area contributed by atoms with Crippen LogP contribution in [0.5, 0.6) is 0 Å². The van der Waals surface area contributed by atoms with E-state index in [1.54, 1.807) is 11.4 Å². The second-order valence-electron chi connectivity index (χ2n) is 3.57. The molecule has 0 spiro atoms. The predicted octanol–water partition coefficient (Wildman–Crippen LogP) is 1.07. The van der Waals surface area contributed by atoms with Gasteiger partial charge in [0.1, 0.15) is 0 Å². The maximum absolute atomic E-state index is 11.7. The zero-order valence-corrected chi connectivity index (χ0v) is 12.5. The van der Waals surface area contributed by atoms with Crippen molar-refractivity contribution in [1.29, 1.82) is 0 Å². The molecular formula is C10H9IN4O3S. The number of carboxylic acid groups (broad SMARTS) is 1. The van der Waals surface area contributed by atoms with E-state index in [-0.39, 0.29) is 11.6 Å². The van der Waals surface area contributed by atoms with Crippen molar-refractivity contribution in [2.45, 2.75) is 6.54 Å². The van der Waals surface area contributed by atoms with Crippen LogP contribution in [0.4, 0.5) is 0 Å². The van der Waals surface area contributed by atoms with E-state index in [1.165, 1.54) is 22.2 Å². The highest BCUT2D eigenvalue weighted by Gasteiger charge is 2.09. The van der Waals surface area contributed by atoms with Crippen molar-refractivity contribution < 1.29 is 14.7 Å². The summed E-state index contributed by atoms with van der Waals surface area (Å²) in [5.74, 6) is -1.28. The van der Waals surface area contributed by atoms with Crippen LogP contribution in [-0.4, -0.2) is 38.5 Å². The zero-order valence-electron chi connectivity index (χ0n) is 9.54. The molecule has 2 heterocycles. The van der Waals surface area contributed by atoms with Crippen molar-refractivity contribution in [2.75, 3.05) is 6.54 Å². The number of amides is 1. The molecule has 19 heavy (non-hydrogen) atoms. The van der Waals surface area contributed by atoms with Crippen LogP contribution in [-0.2, 0) is 6.54 Å². The first-order valence-corrected chi connectivity index (χ1v) is 7.18. The van der Waals surface area contributed by atoms with Gasteiger partial charge in [-0.25, -0.2) is 9.48 Å². The van der Waals surface area contributed by atoms with Crippen LogP contribution in [0.25, 0.3) is 0 Å². The number of hydrogen-bond acceptors (Lipinski definition) is 5. The van der Waals surface area contributed by atoms with Gasteiger partial charge >= 0.3 is 5.97 Å². The third-order valence-corrected chi connectivity index (χ3v) is 4.00. The van der Waals surface area contributed by atoms with Crippen molar-refractivity contribution in [3.63, 3.8) is 0 Å². The SMILES string of the molecule is O=C(NCCn1cc(C(=O)O)nn1)c1csc(I)c1. The fraction of sp³-hybridized carbons (Fsp3) is 0.200. The van der Waals surface area contributed by atoms with Crippen LogP contribution in [0.3, 0.4) is 0 Å². The van der Waals surface area contributed by atoms with E-state index >= 15 is 0 Å². The fourth-order valence-corrected chi connectivity index (χ4v) is 2.65. The lowest BCUT2D eigenvalue weighted by atomic mass is 10.3. The summed E-state index contributed by atoms with van der Waals surface area (Å²) in [7, 11) is 0. The molecule has 0 saturated heterocycles. The van der Waals surface area contributed by atoms with Crippen LogP contribution in [0, 0.1) is 2.88 Å². The van der Waals surface area contributed by atoms with Crippen molar-refractivity contribution in [2.24, 2.45) is 0 Å². The predicted molar refractivity (Wildman–Crippen MR) is 76.4 cm³/mol. The number of nitrogens with one attached hydrogen (secondary N) is 1. The first kappa shape index (κ1) is 13.9. The van der Waals surface area contributed by atoms with Gasteiger partial charge in [-0.1, -0.05) is 5.21 Å². The number of thiophene rings is 1. The van der Waals surface area contributed by atoms with Gasteiger partial charge in [-0.2, -0.15) is 0 Å². The Morgan fingerprint density at radius 2 is 2.32 bits per heavy atom. The molecule has 1 amide bonds. The first-order chi connectivity index (χ1) is 9.06. The molecule has 9 heteroatoms. The highest BCUT2D eigenvalue weighted by molar-refractivity contribution is 14.1. The van der Waals surface area contributed by atoms with Gasteiger partial charge in [0.2, 0.25) is 0 Å². The maximum atomic E-state index is 11.7. The highest BCUT2D eigenvalue weighted by Crippen LogP contribution is 2.16. The summed E-state index contributed by atoms with van der Waals surface area (Å²) in [6.45, 7) is 0.723. The molecule has 7 nitrogen and oxygen atoms in total. The third kappa shape index (κ3) is 3.73. The van der Waals surface area contributed by atoms with Gasteiger partial charge in [0, 0.05) is 11.9 Å². The topological polar surface area (TPSA) is 97.1 Å². The number of carboxylic acids is 1. The molecule has 2 aromatic rings. The Bertz CT molecular complexity index is 609. The summed E-state index contributed by atoms with van der Waals surface area (Å²) in [6.07, 6.45) is 1.32. The van der Waals surface area contributed by atoms with E-state index in [1.807, 2.05) is 0 Å². The van der Waals surface area contributed by atoms with Gasteiger partial charge in [-0.15, -0.1) is 16.4 Å². The number of aromatic nitrogens is 3. The molecule has 0 saturated carbocycles. The van der Waals surface area contributed by atoms with E-state index in [4.69, 9.17) is 5.11 Å². The third-order valence-electron chi connectivity index (χ3n) is 2.21. The van der Waals surface area contributed by atoms with Gasteiger partial charge in [0.05, 0.1) is 21.2 Å². The molecule has 0 aliphatic carbocycles. The minimum absolute atomic E-state index is 0.112. The van der Waals surface area contributed by atoms with Crippen molar-refractivity contribution >= 4 is 45.8 Å². The van der Waals surface area contributed by atoms with Gasteiger partial charge in [-0.05, 0) is 28.7 Å². The molecule has 2 aromatic heterocycles. The number of rotatable bonds is 5. The lowest BCUT2D eigenvalue weighted by molar-refractivity contribution is 0.0690. The van der Waals surface area contributed by atoms with Gasteiger partial charge in [-0.3, -0.25) is 4.79 Å². The largest absolute Gasteiger partial charge is 0.476 e. The highest BCUT2D eigenvalue weighted by atomic mass is 127. The van der Waals surface area contributed by atoms with E-state index in [0.717, 1.165) is 2.88 Å². The van der Waals surface area contributed by atoms with Crippen molar-refractivity contribution in [1.82, 2.24) is 20.3 Å². The van der Waals surface area contributed by atoms with Crippen LogP contribution >= 0.6 is 33.9 Å². The van der Waals surface area contributed by atoms with E-state index in [9.17, 15) is 9.59 Å². The van der Waals surface area contributed by atoms with E-state index in [0.29, 0.717) is 18.7 Å². The lowest BCUT2D eigenvalue weighted by Crippen LogP contribution is -2.27. The molecule has 2 N–H and O–H groups in total. The summed E-state index contributed by atoms with van der Waals surface area (Å²) >= 11 is 3.65. The fourth-order valence-electron chi connectivity index (χ4n) is 1.32. The Kier molecular flexibility index (Phi) is 4.47. The standard InChI is InChI=1S/C10H9IN4O3S/c11-8-3-6(5-19-8)9(16)12-1-2-15-4-7(10(17)18)13-14-15/h3-5H,1-2H2,(H,12,16)(H,17,18). The molecule has 0 radical (unpaired) electrons. The van der Waals surface area contributed by atoms with Crippen LogP contribution < -0.4 is 5.32 Å². The molecule has 100 valence electrons. The van der Waals surface area contributed by atoms with Crippen LogP contribution in [0.1, 0.15) is 20.8 Å². The van der Waals surface area contributed by atoms with Crippen LogP contribution in [0.15, 0.2) is 17.6 Å². The number of nitrogens with zero attached hydrogens (tertiary/aromatic N) is 3. The first-order valence-electron chi connectivity index (χ1n) is 5.22. The smallest absolute Gasteiger partial charge is 0.358 e. The number of carbonyl (C=O) groups excluding carboxylic acids is 1. The van der Waals surface area contributed by atoms with Gasteiger partial charge in [0.25, 0.3) is 5.91 Å². The van der Waals surface area contributed by atoms with E-state index < -0.39 is 5.97 Å². The second kappa shape index (κ2) is 6.10. The summed E-state index contributed by atoms with van der Waals surface area (Å²) in [4.78, 5) is 22.3. The Morgan fingerprint density at radius 3 is 2.89 bits per heavy atom. The molecule has 0 aliphatic rings. The number of carbonyl (C=O) groups is 2. The lowest BCUT2D eigenvalue weighted by Gasteiger charge is -2.02. The number of aromatic carboxylic acids is 1. The van der Waals surface area contributed by atoms with E-state index in [2.05, 4.69) is 38.2 Å². The molecular weight excluding hydrogens is 383 g/mol. The molecule has 0 fully saturated rings. The van der Waals surface area contributed by atoms with Crippen molar-refractivity contribution in [3.05, 3.63) is 31.8 Å². The maximum Gasteiger partial charge on any atom is 0.358 e. The average molecular weight is 392 g/mol. The van der Waals surface area contributed by atoms with Gasteiger partial charge in [0.15, 0.2) is 5.69 Å². The molecule has 0 aromatic carbocycles. The molecule has 0 atom stereocenters. The van der Waals surface area contributed by atoms with Crippen LogP contribution in [0.2, 0.25) is 0 Å². The molecule has 0 unspecified atom stereocenters. The van der Waals surface area contributed by atoms with Gasteiger partial charge < -0.3 is 10.4 Å². The average Bonchev–Trinajstić information content (AvgIpc) is 2.98. The monoisotopic (exact) mass is 392 g/mol. The summed E-state index contributed by atoms with van der Waals surface area (Å²) in [5, 5.41) is 20.3. The Balaban J connectivity index is 1.83. The minimum Gasteiger partial charge on any atom is -0.476 e. The van der Waals surface area contributed by atoms with Crippen molar-refractivity contribution in [3.8, 4) is 0 Å². The summed E-state index contributed by atoms with van der Waals surface area (Å²) < 4.78 is 2.42. The second-order valence-corrected chi connectivity index (χ2v) is 6.37. The Morgan fingerprint density at radius 1 is 1.53 bits per heavy atom. The summed E-state index contributed by atoms with van der Waals surface area (Å²) in [5.41, 5.74) is 0.512. The zero-order chi connectivity index (χ0) is 13.8. The normalized spacial score (nSPS) is 10.4. The quantitative estimate of drug-likeness (QED) is 0.743. The Hall–Kier alpha value is -1.49. The molecule has 0 aliphatic heterocycles. The molecule has 0 bridgehead atoms. The summed E-state index contributed by atoms with van der Waals surface area (Å²) in [6, 6.07) is 1.80. The Labute approximate surface area is 125 Å². The minimum atomic E-state index is -1.12. The molecule has 2 rings (SSSR count).